The van der Waals surface area contributed by atoms with Crippen LogP contribution in [0.3, 0.4) is 0 Å². The number of halogens is 1. The Morgan fingerprint density at radius 2 is 1.70 bits per heavy atom. The Balaban J connectivity index is 1.95. The number of hydrogen-bond donors (Lipinski definition) is 1. The van der Waals surface area contributed by atoms with E-state index in [-0.39, 0.29) is 5.88 Å². The van der Waals surface area contributed by atoms with Gasteiger partial charge in [0.1, 0.15) is 5.82 Å². The lowest BCUT2D eigenvalue weighted by atomic mass is 9.91. The van der Waals surface area contributed by atoms with Crippen molar-refractivity contribution in [2.24, 2.45) is 0 Å². The molecule has 2 aromatic carbocycles. The molecule has 6 nitrogen and oxygen atoms in total. The molecule has 1 atom stereocenters. The zero-order valence-corrected chi connectivity index (χ0v) is 14.6. The SMILES string of the molecule is CC(=O)OC1=C(NC(=O)c2ccccc2)OC(C)(c2ccc(F)cc2)C1=O. The topological polar surface area (TPSA) is 81.7 Å². The number of amides is 1. The van der Waals surface area contributed by atoms with E-state index in [1.165, 1.54) is 31.2 Å². The summed E-state index contributed by atoms with van der Waals surface area (Å²) in [6.07, 6.45) is 0. The summed E-state index contributed by atoms with van der Waals surface area (Å²) in [5.41, 5.74) is -0.890. The number of carbonyl (C=O) groups is 3. The lowest BCUT2D eigenvalue weighted by Gasteiger charge is -2.23. The van der Waals surface area contributed by atoms with Crippen LogP contribution < -0.4 is 5.32 Å². The van der Waals surface area contributed by atoms with E-state index in [1.54, 1.807) is 30.3 Å². The summed E-state index contributed by atoms with van der Waals surface area (Å²) < 4.78 is 23.9. The van der Waals surface area contributed by atoms with Crippen molar-refractivity contribution in [1.82, 2.24) is 5.32 Å². The van der Waals surface area contributed by atoms with E-state index in [0.29, 0.717) is 11.1 Å². The zero-order chi connectivity index (χ0) is 19.6. The summed E-state index contributed by atoms with van der Waals surface area (Å²) in [6, 6.07) is 13.4. The molecule has 1 heterocycles. The largest absolute Gasteiger partial charge is 0.456 e. The first kappa shape index (κ1) is 18.3. The van der Waals surface area contributed by atoms with E-state index in [0.717, 1.165) is 6.92 Å². The van der Waals surface area contributed by atoms with Crippen LogP contribution in [0.2, 0.25) is 0 Å². The van der Waals surface area contributed by atoms with Crippen LogP contribution in [-0.2, 0) is 24.7 Å². The van der Waals surface area contributed by atoms with E-state index in [1.807, 2.05) is 0 Å². The second kappa shape index (κ2) is 7.03. The minimum atomic E-state index is -1.57. The highest BCUT2D eigenvalue weighted by Gasteiger charge is 2.49. The average Bonchev–Trinajstić information content (AvgIpc) is 2.88. The van der Waals surface area contributed by atoms with Gasteiger partial charge in [-0.15, -0.1) is 0 Å². The van der Waals surface area contributed by atoms with Crippen molar-refractivity contribution in [2.45, 2.75) is 19.4 Å². The predicted octanol–water partition coefficient (Wildman–Crippen LogP) is 2.80. The summed E-state index contributed by atoms with van der Waals surface area (Å²) in [5, 5.41) is 2.46. The predicted molar refractivity (Wildman–Crippen MR) is 92.5 cm³/mol. The molecule has 0 spiro atoms. The Hall–Kier alpha value is -3.48. The number of esters is 1. The fourth-order valence-corrected chi connectivity index (χ4v) is 2.66. The van der Waals surface area contributed by atoms with Crippen LogP contribution in [0.5, 0.6) is 0 Å². The Labute approximate surface area is 154 Å². The second-order valence-electron chi connectivity index (χ2n) is 6.04. The molecule has 138 valence electrons. The maximum absolute atomic E-state index is 13.2. The van der Waals surface area contributed by atoms with Crippen LogP contribution in [0.25, 0.3) is 0 Å². The van der Waals surface area contributed by atoms with Crippen molar-refractivity contribution in [1.29, 1.82) is 0 Å². The van der Waals surface area contributed by atoms with Gasteiger partial charge in [0.05, 0.1) is 0 Å². The summed E-state index contributed by atoms with van der Waals surface area (Å²) >= 11 is 0. The molecule has 0 radical (unpaired) electrons. The van der Waals surface area contributed by atoms with Gasteiger partial charge in [-0.1, -0.05) is 30.3 Å². The molecule has 0 bridgehead atoms. The molecule has 1 aliphatic heterocycles. The molecule has 0 fully saturated rings. The standard InChI is InChI=1S/C20H16FNO5/c1-12(23)26-16-17(24)20(2,14-8-10-15(21)11-9-14)27-19(16)22-18(25)13-6-4-3-5-7-13/h3-11H,1-2H3,(H,22,25). The van der Waals surface area contributed by atoms with Gasteiger partial charge in [-0.3, -0.25) is 19.7 Å². The van der Waals surface area contributed by atoms with Crippen LogP contribution in [0.4, 0.5) is 4.39 Å². The van der Waals surface area contributed by atoms with Crippen molar-refractivity contribution in [3.63, 3.8) is 0 Å². The van der Waals surface area contributed by atoms with Gasteiger partial charge in [0.15, 0.2) is 5.60 Å². The van der Waals surface area contributed by atoms with Crippen molar-refractivity contribution in [2.75, 3.05) is 0 Å². The van der Waals surface area contributed by atoms with E-state index in [2.05, 4.69) is 5.32 Å². The Morgan fingerprint density at radius 3 is 2.30 bits per heavy atom. The molecule has 1 aliphatic rings. The second-order valence-corrected chi connectivity index (χ2v) is 6.04. The number of hydrogen-bond acceptors (Lipinski definition) is 5. The van der Waals surface area contributed by atoms with E-state index in [4.69, 9.17) is 9.47 Å². The van der Waals surface area contributed by atoms with Crippen LogP contribution in [0.15, 0.2) is 66.2 Å². The number of rotatable bonds is 4. The highest BCUT2D eigenvalue weighted by molar-refractivity contribution is 6.05. The Morgan fingerprint density at radius 1 is 1.07 bits per heavy atom. The van der Waals surface area contributed by atoms with Crippen LogP contribution >= 0.6 is 0 Å². The summed E-state index contributed by atoms with van der Waals surface area (Å²) in [7, 11) is 0. The maximum Gasteiger partial charge on any atom is 0.308 e. The maximum atomic E-state index is 13.2. The highest BCUT2D eigenvalue weighted by Crippen LogP contribution is 2.38. The summed E-state index contributed by atoms with van der Waals surface area (Å²) in [6.45, 7) is 2.58. The van der Waals surface area contributed by atoms with Gasteiger partial charge in [-0.25, -0.2) is 4.39 Å². The monoisotopic (exact) mass is 369 g/mol. The highest BCUT2D eigenvalue weighted by atomic mass is 19.1. The molecule has 0 aromatic heterocycles. The number of carbonyl (C=O) groups excluding carboxylic acids is 3. The molecule has 3 rings (SSSR count). The summed E-state index contributed by atoms with van der Waals surface area (Å²) in [4.78, 5) is 36.7. The Kier molecular flexibility index (Phi) is 4.77. The number of benzene rings is 2. The third kappa shape index (κ3) is 3.57. The molecule has 2 aromatic rings. The van der Waals surface area contributed by atoms with Gasteiger partial charge in [-0.05, 0) is 31.2 Å². The molecule has 1 N–H and O–H groups in total. The minimum absolute atomic E-state index is 0.268. The molecule has 27 heavy (non-hydrogen) atoms. The molecule has 1 unspecified atom stereocenters. The van der Waals surface area contributed by atoms with Crippen LogP contribution in [0.1, 0.15) is 29.8 Å². The fourth-order valence-electron chi connectivity index (χ4n) is 2.66. The van der Waals surface area contributed by atoms with Gasteiger partial charge in [0, 0.05) is 18.1 Å². The number of ketones is 1. The van der Waals surface area contributed by atoms with Crippen LogP contribution in [0, 0.1) is 5.82 Å². The zero-order valence-electron chi connectivity index (χ0n) is 14.6. The number of nitrogens with one attached hydrogen (secondary N) is 1. The third-order valence-corrected chi connectivity index (χ3v) is 4.06. The lowest BCUT2D eigenvalue weighted by Crippen LogP contribution is -2.32. The van der Waals surface area contributed by atoms with Crippen molar-refractivity contribution in [3.05, 3.63) is 83.2 Å². The molecule has 0 saturated carbocycles. The quantitative estimate of drug-likeness (QED) is 0.838. The average molecular weight is 369 g/mol. The molecule has 7 heteroatoms. The minimum Gasteiger partial charge on any atom is -0.456 e. The van der Waals surface area contributed by atoms with Crippen LogP contribution in [-0.4, -0.2) is 17.7 Å². The van der Waals surface area contributed by atoms with Crippen molar-refractivity contribution < 1.29 is 28.2 Å². The normalized spacial score (nSPS) is 18.9. The van der Waals surface area contributed by atoms with Gasteiger partial charge in [0.2, 0.25) is 11.6 Å². The van der Waals surface area contributed by atoms with E-state index >= 15 is 0 Å². The number of ether oxygens (including phenoxy) is 2. The van der Waals surface area contributed by atoms with Crippen molar-refractivity contribution in [3.8, 4) is 0 Å². The first-order valence-corrected chi connectivity index (χ1v) is 8.10. The number of Topliss-reactive ketones (excluding diaryl/α,β-unsaturated/α-hetero) is 1. The first-order chi connectivity index (χ1) is 12.8. The molecular weight excluding hydrogens is 353 g/mol. The third-order valence-electron chi connectivity index (χ3n) is 4.06. The molecular formula is C20H16FNO5. The molecule has 0 aliphatic carbocycles. The van der Waals surface area contributed by atoms with Crippen molar-refractivity contribution >= 4 is 17.7 Å². The Bertz CT molecular complexity index is 937. The summed E-state index contributed by atoms with van der Waals surface area (Å²) in [5.74, 6) is -3.08. The van der Waals surface area contributed by atoms with E-state index in [9.17, 15) is 18.8 Å². The van der Waals surface area contributed by atoms with Gasteiger partial charge >= 0.3 is 5.97 Å². The molecule has 1 amide bonds. The van der Waals surface area contributed by atoms with Gasteiger partial charge in [0.25, 0.3) is 11.7 Å². The smallest absolute Gasteiger partial charge is 0.308 e. The lowest BCUT2D eigenvalue weighted by molar-refractivity contribution is -0.142. The first-order valence-electron chi connectivity index (χ1n) is 8.10. The van der Waals surface area contributed by atoms with E-state index < -0.39 is 34.8 Å². The molecule has 0 saturated heterocycles. The van der Waals surface area contributed by atoms with Gasteiger partial charge < -0.3 is 9.47 Å². The van der Waals surface area contributed by atoms with Gasteiger partial charge in [-0.2, -0.15) is 0 Å². The fraction of sp³-hybridized carbons (Fsp3) is 0.150.